The van der Waals surface area contributed by atoms with Crippen LogP contribution in [0.25, 0.3) is 0 Å². The zero-order valence-electron chi connectivity index (χ0n) is 19.1. The molecule has 0 bridgehead atoms. The first-order chi connectivity index (χ1) is 16.2. The van der Waals surface area contributed by atoms with Crippen molar-refractivity contribution in [2.45, 2.75) is 45.2 Å². The largest absolute Gasteiger partial charge is 0.324 e. The Morgan fingerprint density at radius 1 is 1.12 bits per heavy atom. The Hall–Kier alpha value is -3.59. The van der Waals surface area contributed by atoms with Crippen molar-refractivity contribution < 1.29 is 19.3 Å². The molecule has 4 heterocycles. The van der Waals surface area contributed by atoms with Crippen LogP contribution in [0.3, 0.4) is 0 Å². The predicted molar refractivity (Wildman–Crippen MR) is 123 cm³/mol. The van der Waals surface area contributed by atoms with E-state index < -0.39 is 28.2 Å². The van der Waals surface area contributed by atoms with E-state index in [4.69, 9.17) is 0 Å². The summed E-state index contributed by atoms with van der Waals surface area (Å²) in [6.45, 7) is 6.06. The fourth-order valence-corrected chi connectivity index (χ4v) is 6.95. The number of carbonyl (C=O) groups excluding carboxylic acids is 3. The van der Waals surface area contributed by atoms with Crippen molar-refractivity contribution in [1.82, 2.24) is 4.90 Å². The van der Waals surface area contributed by atoms with Gasteiger partial charge in [-0.05, 0) is 51.8 Å². The number of hydrogen-bond acceptors (Lipinski definition) is 6. The lowest BCUT2D eigenvalue weighted by Crippen LogP contribution is -2.54. The molecule has 9 heteroatoms. The molecule has 34 heavy (non-hydrogen) atoms. The SMILES string of the molecule is Cc1cc(C)c2c(c1)[C@]1(C(=O)N2)[C@@H]2C(=O)N(c3cccc([N+](=O)[O-])c3C)C(=O)[C@H]2[C@@H]2CCCN21. The monoisotopic (exact) mass is 460 g/mol. The van der Waals surface area contributed by atoms with Crippen molar-refractivity contribution in [3.63, 3.8) is 0 Å². The summed E-state index contributed by atoms with van der Waals surface area (Å²) >= 11 is 0. The molecule has 1 spiro atoms. The number of benzene rings is 2. The van der Waals surface area contributed by atoms with Gasteiger partial charge in [0.2, 0.25) is 17.7 Å². The first-order valence-electron chi connectivity index (χ1n) is 11.5. The van der Waals surface area contributed by atoms with Crippen molar-refractivity contribution in [1.29, 1.82) is 0 Å². The van der Waals surface area contributed by atoms with Crippen LogP contribution < -0.4 is 10.2 Å². The maximum atomic E-state index is 14.1. The van der Waals surface area contributed by atoms with E-state index in [1.807, 2.05) is 26.0 Å². The Morgan fingerprint density at radius 3 is 2.62 bits per heavy atom. The molecule has 0 unspecified atom stereocenters. The van der Waals surface area contributed by atoms with Gasteiger partial charge in [-0.15, -0.1) is 0 Å². The molecule has 2 aromatic rings. The minimum atomic E-state index is -1.26. The third-order valence-corrected chi connectivity index (χ3v) is 8.16. The van der Waals surface area contributed by atoms with Crippen LogP contribution in [0.2, 0.25) is 0 Å². The molecule has 6 rings (SSSR count). The predicted octanol–water partition coefficient (Wildman–Crippen LogP) is 2.95. The minimum absolute atomic E-state index is 0.150. The fourth-order valence-electron chi connectivity index (χ4n) is 6.95. The first-order valence-corrected chi connectivity index (χ1v) is 11.5. The normalized spacial score (nSPS) is 29.6. The second-order valence-electron chi connectivity index (χ2n) is 9.82. The van der Waals surface area contributed by atoms with Crippen molar-refractivity contribution in [2.75, 3.05) is 16.8 Å². The molecule has 1 N–H and O–H groups in total. The number of fused-ring (bicyclic) bond motifs is 7. The van der Waals surface area contributed by atoms with Crippen LogP contribution in [-0.2, 0) is 19.9 Å². The molecule has 4 aliphatic rings. The first kappa shape index (κ1) is 21.0. The number of rotatable bonds is 2. The topological polar surface area (TPSA) is 113 Å². The van der Waals surface area contributed by atoms with Crippen molar-refractivity contribution in [3.8, 4) is 0 Å². The van der Waals surface area contributed by atoms with Gasteiger partial charge < -0.3 is 5.32 Å². The third-order valence-electron chi connectivity index (χ3n) is 8.16. The van der Waals surface area contributed by atoms with Gasteiger partial charge in [0.15, 0.2) is 0 Å². The number of nitrogens with one attached hydrogen (secondary N) is 1. The van der Waals surface area contributed by atoms with Crippen LogP contribution in [0.1, 0.15) is 35.1 Å². The summed E-state index contributed by atoms with van der Waals surface area (Å²) < 4.78 is 0. The van der Waals surface area contributed by atoms with E-state index in [1.165, 1.54) is 12.1 Å². The molecular weight excluding hydrogens is 436 g/mol. The summed E-state index contributed by atoms with van der Waals surface area (Å²) in [5, 5.41) is 14.5. The number of anilines is 2. The Morgan fingerprint density at radius 2 is 1.88 bits per heavy atom. The number of nitro benzene ring substituents is 1. The fraction of sp³-hybridized carbons (Fsp3) is 0.400. The molecule has 0 radical (unpaired) electrons. The van der Waals surface area contributed by atoms with Crippen molar-refractivity contribution in [3.05, 3.63) is 62.7 Å². The summed E-state index contributed by atoms with van der Waals surface area (Å²) in [5.74, 6) is -2.67. The van der Waals surface area contributed by atoms with Crippen LogP contribution in [-0.4, -0.2) is 40.1 Å². The van der Waals surface area contributed by atoms with E-state index in [2.05, 4.69) is 10.2 Å². The number of hydrogen-bond donors (Lipinski definition) is 1. The molecule has 4 aliphatic heterocycles. The number of nitrogens with zero attached hydrogens (tertiary/aromatic N) is 3. The van der Waals surface area contributed by atoms with Gasteiger partial charge in [0.25, 0.3) is 5.69 Å². The van der Waals surface area contributed by atoms with Gasteiger partial charge in [0, 0.05) is 23.4 Å². The zero-order chi connectivity index (χ0) is 24.1. The summed E-state index contributed by atoms with van der Waals surface area (Å²) in [6.07, 6.45) is 1.55. The molecule has 2 aromatic carbocycles. The van der Waals surface area contributed by atoms with Gasteiger partial charge in [-0.1, -0.05) is 23.8 Å². The summed E-state index contributed by atoms with van der Waals surface area (Å²) in [6, 6.07) is 8.12. The second kappa shape index (κ2) is 6.73. The highest BCUT2D eigenvalue weighted by Crippen LogP contribution is 2.61. The number of aryl methyl sites for hydroxylation is 2. The standard InChI is InChI=1S/C25H24N4O5/c1-12-10-13(2)21-15(11-12)25(24(32)26-21)20-19(18-8-5-9-27(18)25)22(30)28(23(20)31)16-6-4-7-17(14(16)3)29(33)34/h4,6-7,10-11,18-20H,5,8-9H2,1-3H3,(H,26,32)/t18-,19-,20-,25+/m0/s1. The average Bonchev–Trinajstić information content (AvgIpc) is 3.48. The van der Waals surface area contributed by atoms with Crippen molar-refractivity contribution >= 4 is 34.8 Å². The maximum Gasteiger partial charge on any atom is 0.274 e. The lowest BCUT2D eigenvalue weighted by molar-refractivity contribution is -0.385. The number of amides is 3. The molecule has 4 atom stereocenters. The molecule has 174 valence electrons. The van der Waals surface area contributed by atoms with Gasteiger partial charge >= 0.3 is 0 Å². The number of carbonyl (C=O) groups is 3. The molecule has 3 saturated heterocycles. The van der Waals surface area contributed by atoms with Crippen molar-refractivity contribution in [2.24, 2.45) is 11.8 Å². The summed E-state index contributed by atoms with van der Waals surface area (Å²) in [5.41, 5.74) is 2.44. The van der Waals surface area contributed by atoms with E-state index >= 15 is 0 Å². The van der Waals surface area contributed by atoms with Gasteiger partial charge in [-0.25, -0.2) is 4.90 Å². The molecule has 3 fully saturated rings. The van der Waals surface area contributed by atoms with Crippen LogP contribution in [0, 0.1) is 42.7 Å². The lowest BCUT2D eigenvalue weighted by Gasteiger charge is -2.37. The highest BCUT2D eigenvalue weighted by molar-refractivity contribution is 6.26. The summed E-state index contributed by atoms with van der Waals surface area (Å²) in [7, 11) is 0. The maximum absolute atomic E-state index is 14.1. The molecular formula is C25H24N4O5. The Labute approximate surface area is 195 Å². The minimum Gasteiger partial charge on any atom is -0.324 e. The molecule has 9 nitrogen and oxygen atoms in total. The van der Waals surface area contributed by atoms with Crippen LogP contribution in [0.5, 0.6) is 0 Å². The van der Waals surface area contributed by atoms with E-state index in [0.29, 0.717) is 12.2 Å². The average molecular weight is 460 g/mol. The summed E-state index contributed by atoms with van der Waals surface area (Å²) in [4.78, 5) is 55.9. The van der Waals surface area contributed by atoms with Gasteiger partial charge in [0.05, 0.1) is 28.0 Å². The van der Waals surface area contributed by atoms with Gasteiger partial charge in [-0.2, -0.15) is 0 Å². The van der Waals surface area contributed by atoms with Crippen LogP contribution >= 0.6 is 0 Å². The smallest absolute Gasteiger partial charge is 0.274 e. The highest BCUT2D eigenvalue weighted by atomic mass is 16.6. The zero-order valence-corrected chi connectivity index (χ0v) is 19.1. The Bertz CT molecular complexity index is 1340. The quantitative estimate of drug-likeness (QED) is 0.419. The molecule has 0 aliphatic carbocycles. The van der Waals surface area contributed by atoms with Gasteiger partial charge in [-0.3, -0.25) is 29.4 Å². The lowest BCUT2D eigenvalue weighted by atomic mass is 9.75. The highest BCUT2D eigenvalue weighted by Gasteiger charge is 2.74. The third kappa shape index (κ3) is 2.30. The molecule has 0 aromatic heterocycles. The van der Waals surface area contributed by atoms with E-state index in [1.54, 1.807) is 13.0 Å². The Kier molecular flexibility index (Phi) is 4.15. The van der Waals surface area contributed by atoms with Crippen LogP contribution in [0.15, 0.2) is 30.3 Å². The number of nitro groups is 1. The Balaban J connectivity index is 1.57. The molecule has 0 saturated carbocycles. The van der Waals surface area contributed by atoms with Crippen LogP contribution in [0.4, 0.5) is 17.1 Å². The van der Waals surface area contributed by atoms with E-state index in [9.17, 15) is 24.5 Å². The van der Waals surface area contributed by atoms with E-state index in [-0.39, 0.29) is 34.8 Å². The second-order valence-corrected chi connectivity index (χ2v) is 9.82. The molecule has 3 amide bonds. The van der Waals surface area contributed by atoms with E-state index in [0.717, 1.165) is 34.4 Å². The number of imide groups is 1. The van der Waals surface area contributed by atoms with Gasteiger partial charge in [0.1, 0.15) is 5.54 Å².